The van der Waals surface area contributed by atoms with Gasteiger partial charge in [-0.2, -0.15) is 0 Å². The van der Waals surface area contributed by atoms with Crippen LogP contribution in [0, 0.1) is 5.82 Å². The molecule has 2 heterocycles. The molecule has 3 aromatic rings. The van der Waals surface area contributed by atoms with Gasteiger partial charge in [0, 0.05) is 12.6 Å². The van der Waals surface area contributed by atoms with E-state index >= 15 is 0 Å². The number of nitrogens with zero attached hydrogens (tertiary/aromatic N) is 2. The molecule has 2 aromatic heterocycles. The Morgan fingerprint density at radius 1 is 1.42 bits per heavy atom. The Bertz CT molecular complexity index is 967. The van der Waals surface area contributed by atoms with Crippen LogP contribution >= 0.6 is 11.3 Å². The van der Waals surface area contributed by atoms with E-state index in [0.29, 0.717) is 16.0 Å². The van der Waals surface area contributed by atoms with Gasteiger partial charge < -0.3 is 14.6 Å². The van der Waals surface area contributed by atoms with Gasteiger partial charge in [-0.25, -0.2) is 9.37 Å². The number of aromatic nitrogens is 2. The van der Waals surface area contributed by atoms with Gasteiger partial charge in [0.05, 0.1) is 19.2 Å². The maximum Gasteiger partial charge on any atom is 0.268 e. The second kappa shape index (κ2) is 6.40. The molecule has 0 saturated heterocycles. The number of nitrogens with one attached hydrogen (secondary N) is 1. The minimum Gasteiger partial charge on any atom is -0.494 e. The van der Waals surface area contributed by atoms with Gasteiger partial charge in [0.2, 0.25) is 0 Å². The second-order valence-corrected chi connectivity index (χ2v) is 6.07. The normalized spacial score (nSPS) is 10.8. The first-order valence-corrected chi connectivity index (χ1v) is 7.93. The summed E-state index contributed by atoms with van der Waals surface area (Å²) >= 11 is 1.31. The Morgan fingerprint density at radius 3 is 2.92 bits per heavy atom. The Balaban J connectivity index is 1.82. The van der Waals surface area contributed by atoms with E-state index in [9.17, 15) is 14.0 Å². The summed E-state index contributed by atoms with van der Waals surface area (Å²) in [4.78, 5) is 32.7. The van der Waals surface area contributed by atoms with Gasteiger partial charge in [0.15, 0.2) is 11.6 Å². The zero-order valence-corrected chi connectivity index (χ0v) is 13.8. The molecular formula is C16H14FN3O3S. The highest BCUT2D eigenvalue weighted by Gasteiger charge is 2.16. The lowest BCUT2D eigenvalue weighted by Gasteiger charge is -2.17. The minimum absolute atomic E-state index is 0.0723. The molecule has 1 aromatic carbocycles. The zero-order valence-electron chi connectivity index (χ0n) is 13.0. The number of amides is 1. The number of thiophene rings is 1. The lowest BCUT2D eigenvalue weighted by atomic mass is 10.2. The monoisotopic (exact) mass is 347 g/mol. The zero-order chi connectivity index (χ0) is 17.3. The predicted molar refractivity (Wildman–Crippen MR) is 89.0 cm³/mol. The number of carbonyl (C=O) groups is 1. The standard InChI is InChI=1S/C16H14FN3O3S/c1-20(16(22)9-3-4-12(23-2)10(17)7-9)8-13-18-11-5-6-24-14(11)15(21)19-13/h3-7H,8H2,1-2H3,(H,18,19,21). The van der Waals surface area contributed by atoms with Crippen molar-refractivity contribution in [2.45, 2.75) is 6.54 Å². The van der Waals surface area contributed by atoms with E-state index in [1.807, 2.05) is 0 Å². The minimum atomic E-state index is -0.608. The molecular weight excluding hydrogens is 333 g/mol. The third-order valence-electron chi connectivity index (χ3n) is 3.50. The smallest absolute Gasteiger partial charge is 0.268 e. The molecule has 124 valence electrons. The number of benzene rings is 1. The van der Waals surface area contributed by atoms with Crippen LogP contribution in [0.1, 0.15) is 16.2 Å². The van der Waals surface area contributed by atoms with Crippen molar-refractivity contribution in [1.29, 1.82) is 0 Å². The average Bonchev–Trinajstić information content (AvgIpc) is 3.03. The lowest BCUT2D eigenvalue weighted by molar-refractivity contribution is 0.0781. The number of ether oxygens (including phenoxy) is 1. The van der Waals surface area contributed by atoms with Gasteiger partial charge in [-0.1, -0.05) is 0 Å². The summed E-state index contributed by atoms with van der Waals surface area (Å²) in [5, 5.41) is 1.78. The van der Waals surface area contributed by atoms with E-state index in [1.165, 1.54) is 35.5 Å². The molecule has 8 heteroatoms. The maximum atomic E-state index is 13.7. The van der Waals surface area contributed by atoms with Crippen molar-refractivity contribution in [1.82, 2.24) is 14.9 Å². The molecule has 0 aliphatic heterocycles. The number of halogens is 1. The molecule has 24 heavy (non-hydrogen) atoms. The first-order chi connectivity index (χ1) is 11.5. The van der Waals surface area contributed by atoms with Gasteiger partial charge in [0.25, 0.3) is 11.5 Å². The molecule has 0 fully saturated rings. The molecule has 0 aliphatic carbocycles. The van der Waals surface area contributed by atoms with Crippen LogP contribution in [0.3, 0.4) is 0 Å². The molecule has 1 amide bonds. The summed E-state index contributed by atoms with van der Waals surface area (Å²) in [6, 6.07) is 5.75. The number of aromatic amines is 1. The van der Waals surface area contributed by atoms with Crippen LogP contribution in [-0.4, -0.2) is 34.9 Å². The maximum absolute atomic E-state index is 13.7. The molecule has 3 rings (SSSR count). The number of fused-ring (bicyclic) bond motifs is 1. The van der Waals surface area contributed by atoms with Crippen molar-refractivity contribution in [2.24, 2.45) is 0 Å². The van der Waals surface area contributed by atoms with Crippen LogP contribution in [0.4, 0.5) is 4.39 Å². The van der Waals surface area contributed by atoms with Gasteiger partial charge in [-0.15, -0.1) is 11.3 Å². The van der Waals surface area contributed by atoms with E-state index in [4.69, 9.17) is 4.74 Å². The highest BCUT2D eigenvalue weighted by molar-refractivity contribution is 7.17. The van der Waals surface area contributed by atoms with Gasteiger partial charge >= 0.3 is 0 Å². The van der Waals surface area contributed by atoms with Crippen LogP contribution in [0.25, 0.3) is 10.2 Å². The van der Waals surface area contributed by atoms with Gasteiger partial charge in [-0.05, 0) is 29.6 Å². The molecule has 0 atom stereocenters. The van der Waals surface area contributed by atoms with Crippen LogP contribution in [0.5, 0.6) is 5.75 Å². The summed E-state index contributed by atoms with van der Waals surface area (Å²) in [7, 11) is 2.91. The third-order valence-corrected chi connectivity index (χ3v) is 4.40. The molecule has 1 N–H and O–H groups in total. The SMILES string of the molecule is COc1ccc(C(=O)N(C)Cc2nc3ccsc3c(=O)[nH]2)cc1F. The van der Waals surface area contributed by atoms with Crippen LogP contribution < -0.4 is 10.3 Å². The number of carbonyl (C=O) groups excluding carboxylic acids is 1. The first-order valence-electron chi connectivity index (χ1n) is 7.05. The quantitative estimate of drug-likeness (QED) is 0.786. The molecule has 0 radical (unpaired) electrons. The average molecular weight is 347 g/mol. The summed E-state index contributed by atoms with van der Waals surface area (Å²) in [5.74, 6) is -0.550. The van der Waals surface area contributed by atoms with E-state index in [0.717, 1.165) is 6.07 Å². The molecule has 6 nitrogen and oxygen atoms in total. The largest absolute Gasteiger partial charge is 0.494 e. The van der Waals surface area contributed by atoms with Crippen LogP contribution in [-0.2, 0) is 6.54 Å². The van der Waals surface area contributed by atoms with E-state index < -0.39 is 5.82 Å². The number of rotatable bonds is 4. The van der Waals surface area contributed by atoms with Crippen molar-refractivity contribution in [2.75, 3.05) is 14.2 Å². The van der Waals surface area contributed by atoms with E-state index in [2.05, 4.69) is 9.97 Å². The summed E-state index contributed by atoms with van der Waals surface area (Å²) in [6.45, 7) is 0.105. The molecule has 0 spiro atoms. The highest BCUT2D eigenvalue weighted by atomic mass is 32.1. The topological polar surface area (TPSA) is 75.3 Å². The number of hydrogen-bond acceptors (Lipinski definition) is 5. The van der Waals surface area contributed by atoms with Crippen molar-refractivity contribution in [3.63, 3.8) is 0 Å². The Kier molecular flexibility index (Phi) is 4.30. The summed E-state index contributed by atoms with van der Waals surface area (Å²) in [6.07, 6.45) is 0. The summed E-state index contributed by atoms with van der Waals surface area (Å²) in [5.41, 5.74) is 0.547. The van der Waals surface area contributed by atoms with Crippen molar-refractivity contribution >= 4 is 27.5 Å². The fraction of sp³-hybridized carbons (Fsp3) is 0.188. The number of H-pyrrole nitrogens is 1. The van der Waals surface area contributed by atoms with Crippen LogP contribution in [0.2, 0.25) is 0 Å². The van der Waals surface area contributed by atoms with Crippen LogP contribution in [0.15, 0.2) is 34.4 Å². The Hall–Kier alpha value is -2.74. The van der Waals surface area contributed by atoms with Crippen molar-refractivity contribution in [3.05, 3.63) is 57.2 Å². The van der Waals surface area contributed by atoms with E-state index in [1.54, 1.807) is 18.5 Å². The molecule has 0 saturated carbocycles. The Labute approximate surface area is 140 Å². The predicted octanol–water partition coefficient (Wildman–Crippen LogP) is 2.40. The van der Waals surface area contributed by atoms with E-state index in [-0.39, 0.29) is 29.3 Å². The first kappa shape index (κ1) is 16.1. The second-order valence-electron chi connectivity index (χ2n) is 5.16. The number of hydrogen-bond donors (Lipinski definition) is 1. The molecule has 0 aliphatic rings. The third kappa shape index (κ3) is 3.00. The van der Waals surface area contributed by atoms with Crippen molar-refractivity contribution < 1.29 is 13.9 Å². The van der Waals surface area contributed by atoms with Crippen molar-refractivity contribution in [3.8, 4) is 5.75 Å². The summed E-state index contributed by atoms with van der Waals surface area (Å²) < 4.78 is 19.1. The highest BCUT2D eigenvalue weighted by Crippen LogP contribution is 2.19. The van der Waals surface area contributed by atoms with Gasteiger partial charge in [0.1, 0.15) is 10.5 Å². The number of methoxy groups -OCH3 is 1. The lowest BCUT2D eigenvalue weighted by Crippen LogP contribution is -2.28. The molecule has 0 unspecified atom stereocenters. The van der Waals surface area contributed by atoms with Gasteiger partial charge in [-0.3, -0.25) is 9.59 Å². The fourth-order valence-corrected chi connectivity index (χ4v) is 3.04. The molecule has 0 bridgehead atoms. The fourth-order valence-electron chi connectivity index (χ4n) is 2.31. The Morgan fingerprint density at radius 2 is 2.21 bits per heavy atom.